The number of ketones is 1. The molecule has 0 bridgehead atoms. The molecule has 0 spiro atoms. The molecule has 0 aromatic carbocycles. The summed E-state index contributed by atoms with van der Waals surface area (Å²) in [5.74, 6) is 0.805. The molecule has 0 heterocycles. The van der Waals surface area contributed by atoms with Gasteiger partial charge >= 0.3 is 0 Å². The fourth-order valence-corrected chi connectivity index (χ4v) is 0.954. The number of thiol groups is 1. The minimum Gasteiger partial charge on any atom is -0.299 e. The summed E-state index contributed by atoms with van der Waals surface area (Å²) in [7, 11) is 1.28. The first kappa shape index (κ1) is 7.37. The lowest BCUT2D eigenvalue weighted by Crippen LogP contribution is -1.95. The molecule has 7 heavy (non-hydrogen) atoms. The van der Waals surface area contributed by atoms with Gasteiger partial charge in [0.2, 0.25) is 0 Å². The van der Waals surface area contributed by atoms with E-state index in [0.717, 1.165) is 0 Å². The van der Waals surface area contributed by atoms with Gasteiger partial charge in [-0.1, -0.05) is 17.7 Å². The molecular formula is C4H8OS2. The number of rotatable bonds is 3. The maximum absolute atomic E-state index is 10.3. The van der Waals surface area contributed by atoms with Crippen molar-refractivity contribution >= 4 is 28.2 Å². The van der Waals surface area contributed by atoms with Crippen LogP contribution in [0.2, 0.25) is 0 Å². The van der Waals surface area contributed by atoms with E-state index in [9.17, 15) is 4.79 Å². The lowest BCUT2D eigenvalue weighted by atomic mass is 10.4. The standard InChI is InChI=1S/C4H8OS2/c1-2-4(5)3-7-6/h6H,2-3H2,1H3. The van der Waals surface area contributed by atoms with Gasteiger partial charge in [-0.25, -0.2) is 0 Å². The molecule has 0 N–H and O–H groups in total. The number of hydrogen-bond acceptors (Lipinski definition) is 3. The Bertz CT molecular complexity index is 62.7. The normalized spacial score (nSPS) is 8.86. The third-order valence-corrected chi connectivity index (χ3v) is 1.46. The quantitative estimate of drug-likeness (QED) is 0.468. The molecule has 0 radical (unpaired) electrons. The van der Waals surface area contributed by atoms with Crippen molar-refractivity contribution in [3.05, 3.63) is 0 Å². The van der Waals surface area contributed by atoms with E-state index in [-0.39, 0.29) is 5.78 Å². The van der Waals surface area contributed by atoms with Crippen LogP contribution < -0.4 is 0 Å². The van der Waals surface area contributed by atoms with E-state index in [2.05, 4.69) is 11.7 Å². The Morgan fingerprint density at radius 2 is 2.43 bits per heavy atom. The summed E-state index contributed by atoms with van der Waals surface area (Å²) in [6, 6.07) is 0. The topological polar surface area (TPSA) is 17.1 Å². The van der Waals surface area contributed by atoms with Crippen LogP contribution in [-0.4, -0.2) is 11.5 Å². The van der Waals surface area contributed by atoms with E-state index in [1.807, 2.05) is 6.92 Å². The Morgan fingerprint density at radius 3 is 2.57 bits per heavy atom. The molecule has 42 valence electrons. The van der Waals surface area contributed by atoms with Crippen molar-refractivity contribution in [3.63, 3.8) is 0 Å². The number of Topliss-reactive ketones (excluding diaryl/α,β-unsaturated/α-hetero) is 1. The van der Waals surface area contributed by atoms with Crippen LogP contribution in [0.25, 0.3) is 0 Å². The molecule has 0 aromatic heterocycles. The molecule has 0 saturated heterocycles. The van der Waals surface area contributed by atoms with Crippen LogP contribution in [-0.2, 0) is 4.79 Å². The van der Waals surface area contributed by atoms with Crippen LogP contribution in [0.1, 0.15) is 13.3 Å². The summed E-state index contributed by atoms with van der Waals surface area (Å²) in [5, 5.41) is 0. The molecule has 1 nitrogen and oxygen atoms in total. The predicted molar refractivity (Wildman–Crippen MR) is 36.7 cm³/mol. The Balaban J connectivity index is 3.00. The van der Waals surface area contributed by atoms with E-state index in [1.54, 1.807) is 0 Å². The summed E-state index contributed by atoms with van der Waals surface area (Å²) >= 11 is 3.81. The SMILES string of the molecule is CCC(=O)CSS. The van der Waals surface area contributed by atoms with E-state index < -0.39 is 0 Å². The fraction of sp³-hybridized carbons (Fsp3) is 0.750. The molecule has 3 heteroatoms. The summed E-state index contributed by atoms with van der Waals surface area (Å²) in [6.45, 7) is 1.85. The zero-order valence-corrected chi connectivity index (χ0v) is 5.89. The van der Waals surface area contributed by atoms with Gasteiger partial charge < -0.3 is 0 Å². The van der Waals surface area contributed by atoms with Crippen molar-refractivity contribution in [1.82, 2.24) is 0 Å². The van der Waals surface area contributed by atoms with Gasteiger partial charge in [-0.15, -0.1) is 11.7 Å². The average molecular weight is 136 g/mol. The lowest BCUT2D eigenvalue weighted by molar-refractivity contribution is -0.116. The van der Waals surface area contributed by atoms with Gasteiger partial charge in [0.25, 0.3) is 0 Å². The first-order valence-electron chi connectivity index (χ1n) is 2.09. The minimum atomic E-state index is 0.264. The largest absolute Gasteiger partial charge is 0.299 e. The van der Waals surface area contributed by atoms with Crippen LogP contribution in [0.15, 0.2) is 0 Å². The van der Waals surface area contributed by atoms with Crippen molar-refractivity contribution in [3.8, 4) is 0 Å². The van der Waals surface area contributed by atoms with E-state index in [0.29, 0.717) is 12.2 Å². The molecule has 0 aliphatic rings. The molecule has 0 amide bonds. The second-order valence-electron chi connectivity index (χ2n) is 1.17. The third-order valence-electron chi connectivity index (χ3n) is 0.620. The Kier molecular flexibility index (Phi) is 4.77. The second kappa shape index (κ2) is 4.53. The zero-order chi connectivity index (χ0) is 5.70. The van der Waals surface area contributed by atoms with Gasteiger partial charge in [-0.2, -0.15) is 0 Å². The Hall–Kier alpha value is 0.370. The average Bonchev–Trinajstić information content (AvgIpc) is 1.68. The first-order valence-corrected chi connectivity index (χ1v) is 4.13. The zero-order valence-electron chi connectivity index (χ0n) is 4.18. The first-order chi connectivity index (χ1) is 3.31. The van der Waals surface area contributed by atoms with Crippen LogP contribution in [0.5, 0.6) is 0 Å². The molecule has 0 saturated carbocycles. The smallest absolute Gasteiger partial charge is 0.143 e. The van der Waals surface area contributed by atoms with Crippen LogP contribution in [0.4, 0.5) is 0 Å². The molecule has 0 aliphatic heterocycles. The Morgan fingerprint density at radius 1 is 1.86 bits per heavy atom. The molecule has 0 aliphatic carbocycles. The van der Waals surface area contributed by atoms with Crippen LogP contribution in [0, 0.1) is 0 Å². The second-order valence-corrected chi connectivity index (χ2v) is 2.49. The maximum atomic E-state index is 10.3. The van der Waals surface area contributed by atoms with Crippen molar-refractivity contribution in [2.45, 2.75) is 13.3 Å². The molecule has 0 rings (SSSR count). The van der Waals surface area contributed by atoms with Crippen molar-refractivity contribution in [1.29, 1.82) is 0 Å². The van der Waals surface area contributed by atoms with Gasteiger partial charge in [0.15, 0.2) is 0 Å². The highest BCUT2D eigenvalue weighted by atomic mass is 33.1. The van der Waals surface area contributed by atoms with E-state index in [1.165, 1.54) is 10.8 Å². The summed E-state index contributed by atoms with van der Waals surface area (Å²) in [6.07, 6.45) is 0.632. The highest BCUT2D eigenvalue weighted by molar-refractivity contribution is 8.68. The summed E-state index contributed by atoms with van der Waals surface area (Å²) < 4.78 is 0. The number of hydrogen-bond donors (Lipinski definition) is 1. The van der Waals surface area contributed by atoms with Gasteiger partial charge in [0, 0.05) is 6.42 Å². The summed E-state index contributed by atoms with van der Waals surface area (Å²) in [5.41, 5.74) is 0. The van der Waals surface area contributed by atoms with E-state index in [4.69, 9.17) is 0 Å². The van der Waals surface area contributed by atoms with Crippen molar-refractivity contribution in [2.24, 2.45) is 0 Å². The van der Waals surface area contributed by atoms with Gasteiger partial charge in [-0.05, 0) is 0 Å². The molecule has 0 aromatic rings. The fourth-order valence-electron chi connectivity index (χ4n) is 0.174. The highest BCUT2D eigenvalue weighted by Crippen LogP contribution is 2.04. The molecule has 0 fully saturated rings. The Labute approximate surface area is 52.7 Å². The van der Waals surface area contributed by atoms with Crippen LogP contribution in [0.3, 0.4) is 0 Å². The number of carbonyl (C=O) groups excluding carboxylic acids is 1. The van der Waals surface area contributed by atoms with E-state index >= 15 is 0 Å². The van der Waals surface area contributed by atoms with Crippen molar-refractivity contribution in [2.75, 3.05) is 5.75 Å². The third kappa shape index (κ3) is 4.22. The predicted octanol–water partition coefficient (Wildman–Crippen LogP) is 1.54. The molecule has 0 atom stereocenters. The monoisotopic (exact) mass is 136 g/mol. The molecular weight excluding hydrogens is 128 g/mol. The van der Waals surface area contributed by atoms with Gasteiger partial charge in [-0.3, -0.25) is 4.79 Å². The maximum Gasteiger partial charge on any atom is 0.143 e. The number of carbonyl (C=O) groups is 1. The summed E-state index contributed by atoms with van der Waals surface area (Å²) in [4.78, 5) is 10.3. The van der Waals surface area contributed by atoms with Crippen LogP contribution >= 0.6 is 22.5 Å². The lowest BCUT2D eigenvalue weighted by Gasteiger charge is -1.86. The minimum absolute atomic E-state index is 0.264. The van der Waals surface area contributed by atoms with Gasteiger partial charge in [0.1, 0.15) is 5.78 Å². The van der Waals surface area contributed by atoms with Gasteiger partial charge in [0.05, 0.1) is 5.75 Å². The molecule has 0 unspecified atom stereocenters. The highest BCUT2D eigenvalue weighted by Gasteiger charge is 1.92. The van der Waals surface area contributed by atoms with Crippen molar-refractivity contribution < 1.29 is 4.79 Å².